The Kier molecular flexibility index (Phi) is 6.20. The number of amides is 1. The number of thiophene rings is 1. The van der Waals surface area contributed by atoms with Crippen molar-refractivity contribution in [1.82, 2.24) is 14.9 Å². The lowest BCUT2D eigenvalue weighted by atomic mass is 10.2. The molecule has 3 rings (SSSR count). The molecule has 2 aromatic heterocycles. The Morgan fingerprint density at radius 1 is 1.25 bits per heavy atom. The number of H-pyrrole nitrogens is 1. The molecule has 0 atom stereocenters. The Hall–Kier alpha value is -3.00. The number of ether oxygens (including phenoxy) is 1. The fourth-order valence-electron chi connectivity index (χ4n) is 2.67. The number of hydrogen-bond acceptors (Lipinski definition) is 6. The van der Waals surface area contributed by atoms with E-state index in [2.05, 4.69) is 9.97 Å². The van der Waals surface area contributed by atoms with Crippen molar-refractivity contribution >= 4 is 34.1 Å². The van der Waals surface area contributed by atoms with E-state index in [9.17, 15) is 14.4 Å². The van der Waals surface area contributed by atoms with Gasteiger partial charge in [-0.2, -0.15) is 0 Å². The van der Waals surface area contributed by atoms with E-state index in [1.54, 1.807) is 42.6 Å². The van der Waals surface area contributed by atoms with Crippen LogP contribution in [0.3, 0.4) is 0 Å². The minimum absolute atomic E-state index is 0.0301. The van der Waals surface area contributed by atoms with Crippen LogP contribution >= 0.6 is 11.3 Å². The smallest absolute Gasteiger partial charge is 0.306 e. The van der Waals surface area contributed by atoms with Crippen LogP contribution in [0.15, 0.2) is 40.5 Å². The fraction of sp³-hybridized carbons (Fsp3) is 0.300. The molecule has 3 aromatic rings. The third-order valence-electron chi connectivity index (χ3n) is 4.36. The number of fused-ring (bicyclic) bond motifs is 1. The summed E-state index contributed by atoms with van der Waals surface area (Å²) < 4.78 is 5.07. The van der Waals surface area contributed by atoms with Gasteiger partial charge < -0.3 is 14.6 Å². The van der Waals surface area contributed by atoms with Crippen molar-refractivity contribution in [3.63, 3.8) is 0 Å². The molecule has 0 spiro atoms. The first-order valence-corrected chi connectivity index (χ1v) is 9.72. The molecule has 0 saturated heterocycles. The maximum Gasteiger partial charge on any atom is 0.306 e. The molecule has 146 valence electrons. The number of carbonyl (C=O) groups is 2. The first kappa shape index (κ1) is 19.8. The molecule has 1 N–H and O–H groups in total. The van der Waals surface area contributed by atoms with Crippen LogP contribution in [0, 0.1) is 6.92 Å². The van der Waals surface area contributed by atoms with E-state index in [0.717, 1.165) is 10.4 Å². The molecule has 28 heavy (non-hydrogen) atoms. The van der Waals surface area contributed by atoms with E-state index in [1.165, 1.54) is 4.90 Å². The maximum absolute atomic E-state index is 12.1. The van der Waals surface area contributed by atoms with Crippen LogP contribution in [0.1, 0.15) is 22.7 Å². The predicted molar refractivity (Wildman–Crippen MR) is 107 cm³/mol. The molecule has 0 bridgehead atoms. The summed E-state index contributed by atoms with van der Waals surface area (Å²) in [7, 11) is 1.68. The van der Waals surface area contributed by atoms with Gasteiger partial charge in [-0.15, -0.1) is 11.3 Å². The molecule has 0 aliphatic heterocycles. The van der Waals surface area contributed by atoms with Gasteiger partial charge in [-0.25, -0.2) is 4.98 Å². The Bertz CT molecular complexity index is 1060. The van der Waals surface area contributed by atoms with Crippen LogP contribution in [0.25, 0.3) is 10.9 Å². The lowest BCUT2D eigenvalue weighted by molar-refractivity contribution is -0.151. The van der Waals surface area contributed by atoms with Gasteiger partial charge in [-0.3, -0.25) is 14.4 Å². The van der Waals surface area contributed by atoms with Gasteiger partial charge in [0, 0.05) is 18.3 Å². The highest BCUT2D eigenvalue weighted by Gasteiger charge is 2.14. The second-order valence-electron chi connectivity index (χ2n) is 6.47. The highest BCUT2D eigenvalue weighted by atomic mass is 32.1. The minimum Gasteiger partial charge on any atom is -0.456 e. The number of likely N-dealkylation sites (N-methyl/N-ethyl adjacent to an activating group) is 1. The molecular formula is C20H21N3O4S. The number of rotatable bonds is 7. The SMILES string of the molecule is Cc1ccsc1CN(C)C(=O)COC(=O)CCc1nc2ccccc2c(=O)[nH]1. The summed E-state index contributed by atoms with van der Waals surface area (Å²) in [5, 5.41) is 2.48. The van der Waals surface area contributed by atoms with E-state index in [0.29, 0.717) is 23.3 Å². The average Bonchev–Trinajstić information content (AvgIpc) is 3.09. The number of hydrogen-bond donors (Lipinski definition) is 1. The molecular weight excluding hydrogens is 378 g/mol. The third kappa shape index (κ3) is 4.83. The van der Waals surface area contributed by atoms with Crippen LogP contribution in [0.2, 0.25) is 0 Å². The summed E-state index contributed by atoms with van der Waals surface area (Å²) in [6, 6.07) is 9.01. The Morgan fingerprint density at radius 2 is 2.04 bits per heavy atom. The molecule has 2 heterocycles. The summed E-state index contributed by atoms with van der Waals surface area (Å²) in [6.45, 7) is 2.18. The predicted octanol–water partition coefficient (Wildman–Crippen LogP) is 2.43. The summed E-state index contributed by atoms with van der Waals surface area (Å²) in [4.78, 5) is 45.8. The standard InChI is InChI=1S/C20H21N3O4S/c1-13-9-10-28-16(13)11-23(2)18(24)12-27-19(25)8-7-17-21-15-6-4-3-5-14(15)20(26)22-17/h3-6,9-10H,7-8,11-12H2,1-2H3,(H,21,22,26). The number of aryl methyl sites for hydroxylation is 2. The van der Waals surface area contributed by atoms with Gasteiger partial charge in [0.15, 0.2) is 6.61 Å². The third-order valence-corrected chi connectivity index (χ3v) is 5.37. The highest BCUT2D eigenvalue weighted by Crippen LogP contribution is 2.17. The number of esters is 1. The maximum atomic E-state index is 12.1. The van der Waals surface area contributed by atoms with Crippen molar-refractivity contribution in [2.45, 2.75) is 26.3 Å². The molecule has 7 nitrogen and oxygen atoms in total. The zero-order valence-electron chi connectivity index (χ0n) is 15.7. The van der Waals surface area contributed by atoms with Crippen LogP contribution < -0.4 is 5.56 Å². The van der Waals surface area contributed by atoms with Crippen molar-refractivity contribution in [3.05, 3.63) is 62.3 Å². The molecule has 0 saturated carbocycles. The van der Waals surface area contributed by atoms with Gasteiger partial charge in [0.2, 0.25) is 0 Å². The Labute approximate surface area is 166 Å². The molecule has 0 unspecified atom stereocenters. The lowest BCUT2D eigenvalue weighted by Gasteiger charge is -2.16. The van der Waals surface area contributed by atoms with Crippen molar-refractivity contribution in [2.75, 3.05) is 13.7 Å². The zero-order valence-corrected chi connectivity index (χ0v) is 16.5. The monoisotopic (exact) mass is 399 g/mol. The first-order valence-electron chi connectivity index (χ1n) is 8.84. The topological polar surface area (TPSA) is 92.4 Å². The summed E-state index contributed by atoms with van der Waals surface area (Å²) in [5.74, 6) is -0.361. The Morgan fingerprint density at radius 3 is 2.79 bits per heavy atom. The number of nitrogens with zero attached hydrogens (tertiary/aromatic N) is 2. The highest BCUT2D eigenvalue weighted by molar-refractivity contribution is 7.10. The molecule has 0 fully saturated rings. The van der Waals surface area contributed by atoms with Gasteiger partial charge in [0.25, 0.3) is 11.5 Å². The van der Waals surface area contributed by atoms with Crippen molar-refractivity contribution in [1.29, 1.82) is 0 Å². The molecule has 8 heteroatoms. The molecule has 0 aliphatic rings. The van der Waals surface area contributed by atoms with Gasteiger partial charge in [0.1, 0.15) is 5.82 Å². The molecule has 1 amide bonds. The second-order valence-corrected chi connectivity index (χ2v) is 7.47. The van der Waals surface area contributed by atoms with Crippen molar-refractivity contribution < 1.29 is 14.3 Å². The molecule has 1 aromatic carbocycles. The van der Waals surface area contributed by atoms with Crippen LogP contribution in [-0.4, -0.2) is 40.4 Å². The van der Waals surface area contributed by atoms with Gasteiger partial charge in [-0.05, 0) is 36.1 Å². The first-order chi connectivity index (χ1) is 13.4. The quantitative estimate of drug-likeness (QED) is 0.616. The number of nitrogens with one attached hydrogen (secondary N) is 1. The second kappa shape index (κ2) is 8.79. The van der Waals surface area contributed by atoms with Gasteiger partial charge in [0.05, 0.1) is 23.9 Å². The number of aromatic nitrogens is 2. The number of para-hydroxylation sites is 1. The van der Waals surface area contributed by atoms with Crippen LogP contribution in [0.5, 0.6) is 0 Å². The van der Waals surface area contributed by atoms with Crippen LogP contribution in [-0.2, 0) is 27.3 Å². The van der Waals surface area contributed by atoms with E-state index < -0.39 is 5.97 Å². The Balaban J connectivity index is 1.48. The normalized spacial score (nSPS) is 10.8. The lowest BCUT2D eigenvalue weighted by Crippen LogP contribution is -2.30. The summed E-state index contributed by atoms with van der Waals surface area (Å²) >= 11 is 1.59. The summed E-state index contributed by atoms with van der Waals surface area (Å²) in [5.41, 5.74) is 1.48. The number of carbonyl (C=O) groups excluding carboxylic acids is 2. The molecule has 0 radical (unpaired) electrons. The van der Waals surface area contributed by atoms with Gasteiger partial charge >= 0.3 is 5.97 Å². The van der Waals surface area contributed by atoms with E-state index in [-0.39, 0.29) is 30.9 Å². The number of benzene rings is 1. The molecule has 0 aliphatic carbocycles. The van der Waals surface area contributed by atoms with E-state index >= 15 is 0 Å². The van der Waals surface area contributed by atoms with Crippen molar-refractivity contribution in [2.24, 2.45) is 0 Å². The van der Waals surface area contributed by atoms with E-state index in [4.69, 9.17) is 4.74 Å². The van der Waals surface area contributed by atoms with Crippen molar-refractivity contribution in [3.8, 4) is 0 Å². The summed E-state index contributed by atoms with van der Waals surface area (Å²) in [6.07, 6.45) is 0.264. The van der Waals surface area contributed by atoms with E-state index in [1.807, 2.05) is 18.4 Å². The van der Waals surface area contributed by atoms with Crippen LogP contribution in [0.4, 0.5) is 0 Å². The zero-order chi connectivity index (χ0) is 20.1. The average molecular weight is 399 g/mol. The minimum atomic E-state index is -0.509. The van der Waals surface area contributed by atoms with Gasteiger partial charge in [-0.1, -0.05) is 12.1 Å². The fourth-order valence-corrected chi connectivity index (χ4v) is 3.63. The largest absolute Gasteiger partial charge is 0.456 e. The number of aromatic amines is 1.